The SMILES string of the molecule is CC1(c2ccc3c(c2)OCCO3)NC(=O)N(CC(=O)c2cccs2)C1=O. The molecule has 3 heterocycles. The molecule has 8 heteroatoms. The first-order valence-electron chi connectivity index (χ1n) is 8.10. The highest BCUT2D eigenvalue weighted by atomic mass is 32.1. The van der Waals surface area contributed by atoms with E-state index in [1.807, 2.05) is 0 Å². The fourth-order valence-corrected chi connectivity index (χ4v) is 3.71. The molecule has 2 aromatic rings. The molecule has 0 bridgehead atoms. The molecule has 2 aliphatic heterocycles. The zero-order valence-corrected chi connectivity index (χ0v) is 14.8. The maximum absolute atomic E-state index is 12.9. The van der Waals surface area contributed by atoms with Crippen LogP contribution in [0, 0.1) is 0 Å². The average molecular weight is 372 g/mol. The molecule has 3 amide bonds. The first kappa shape index (κ1) is 16.6. The van der Waals surface area contributed by atoms with Gasteiger partial charge >= 0.3 is 6.03 Å². The van der Waals surface area contributed by atoms with Gasteiger partial charge in [-0.3, -0.25) is 14.5 Å². The minimum atomic E-state index is -1.26. The molecule has 1 saturated heterocycles. The largest absolute Gasteiger partial charge is 0.486 e. The number of ether oxygens (including phenoxy) is 2. The molecule has 0 spiro atoms. The van der Waals surface area contributed by atoms with Gasteiger partial charge in [-0.15, -0.1) is 11.3 Å². The normalized spacial score (nSPS) is 21.7. The van der Waals surface area contributed by atoms with E-state index in [4.69, 9.17) is 9.47 Å². The van der Waals surface area contributed by atoms with E-state index in [0.29, 0.717) is 35.2 Å². The number of ketones is 1. The quantitative estimate of drug-likeness (QED) is 0.657. The Kier molecular flexibility index (Phi) is 3.91. The topological polar surface area (TPSA) is 84.9 Å². The van der Waals surface area contributed by atoms with Crippen molar-refractivity contribution in [1.29, 1.82) is 0 Å². The second-order valence-electron chi connectivity index (χ2n) is 6.21. The second-order valence-corrected chi connectivity index (χ2v) is 7.15. The van der Waals surface area contributed by atoms with E-state index < -0.39 is 17.5 Å². The third-order valence-corrected chi connectivity index (χ3v) is 5.40. The van der Waals surface area contributed by atoms with Gasteiger partial charge < -0.3 is 14.8 Å². The Morgan fingerprint density at radius 2 is 2.00 bits per heavy atom. The highest BCUT2D eigenvalue weighted by molar-refractivity contribution is 7.12. The lowest BCUT2D eigenvalue weighted by molar-refractivity contribution is -0.130. The van der Waals surface area contributed by atoms with E-state index in [2.05, 4.69) is 5.32 Å². The molecule has 1 unspecified atom stereocenters. The Labute approximate surface area is 153 Å². The Morgan fingerprint density at radius 3 is 2.73 bits per heavy atom. The van der Waals surface area contributed by atoms with Gasteiger partial charge in [0, 0.05) is 0 Å². The lowest BCUT2D eigenvalue weighted by atomic mass is 9.91. The molecule has 134 valence electrons. The number of carbonyl (C=O) groups is 3. The van der Waals surface area contributed by atoms with E-state index in [0.717, 1.165) is 4.90 Å². The number of thiophene rings is 1. The number of hydrogen-bond acceptors (Lipinski definition) is 6. The summed E-state index contributed by atoms with van der Waals surface area (Å²) >= 11 is 1.28. The number of carbonyl (C=O) groups excluding carboxylic acids is 3. The number of imide groups is 1. The maximum atomic E-state index is 12.9. The van der Waals surface area contributed by atoms with Gasteiger partial charge in [0.2, 0.25) is 0 Å². The van der Waals surface area contributed by atoms with Crippen molar-refractivity contribution in [2.24, 2.45) is 0 Å². The highest BCUT2D eigenvalue weighted by Gasteiger charge is 2.49. The Balaban J connectivity index is 1.60. The molecule has 1 aromatic carbocycles. The molecule has 26 heavy (non-hydrogen) atoms. The number of nitrogens with zero attached hydrogens (tertiary/aromatic N) is 1. The van der Waals surface area contributed by atoms with Gasteiger partial charge in [-0.2, -0.15) is 0 Å². The van der Waals surface area contributed by atoms with E-state index in [-0.39, 0.29) is 12.3 Å². The number of urea groups is 1. The van der Waals surface area contributed by atoms with Crippen molar-refractivity contribution in [2.45, 2.75) is 12.5 Å². The molecule has 4 rings (SSSR count). The van der Waals surface area contributed by atoms with E-state index in [1.165, 1.54) is 11.3 Å². The van der Waals surface area contributed by atoms with Gasteiger partial charge in [0.15, 0.2) is 17.3 Å². The van der Waals surface area contributed by atoms with Gasteiger partial charge in [-0.1, -0.05) is 12.1 Å². The summed E-state index contributed by atoms with van der Waals surface area (Å²) in [5.74, 6) is 0.397. The summed E-state index contributed by atoms with van der Waals surface area (Å²) in [4.78, 5) is 39.1. The number of benzene rings is 1. The third kappa shape index (κ3) is 2.62. The van der Waals surface area contributed by atoms with E-state index in [1.54, 1.807) is 42.6 Å². The lowest BCUT2D eigenvalue weighted by Gasteiger charge is -2.25. The molecule has 2 aliphatic rings. The first-order chi connectivity index (χ1) is 12.5. The number of nitrogens with one attached hydrogen (secondary N) is 1. The average Bonchev–Trinajstić information content (AvgIpc) is 3.25. The van der Waals surface area contributed by atoms with Crippen LogP contribution in [0.15, 0.2) is 35.7 Å². The Hall–Kier alpha value is -2.87. The molecule has 1 aromatic heterocycles. The van der Waals surface area contributed by atoms with Gasteiger partial charge in [0.05, 0.1) is 11.4 Å². The molecular weight excluding hydrogens is 356 g/mol. The van der Waals surface area contributed by atoms with Crippen molar-refractivity contribution in [3.8, 4) is 11.5 Å². The Bertz CT molecular complexity index is 895. The molecule has 7 nitrogen and oxygen atoms in total. The number of amides is 3. The zero-order valence-electron chi connectivity index (χ0n) is 14.0. The molecule has 0 radical (unpaired) electrons. The molecule has 1 atom stereocenters. The highest BCUT2D eigenvalue weighted by Crippen LogP contribution is 2.36. The maximum Gasteiger partial charge on any atom is 0.325 e. The van der Waals surface area contributed by atoms with Crippen molar-refractivity contribution in [2.75, 3.05) is 19.8 Å². The smallest absolute Gasteiger partial charge is 0.325 e. The van der Waals surface area contributed by atoms with E-state index in [9.17, 15) is 14.4 Å². The zero-order chi connectivity index (χ0) is 18.3. The van der Waals surface area contributed by atoms with Crippen molar-refractivity contribution < 1.29 is 23.9 Å². The van der Waals surface area contributed by atoms with Crippen LogP contribution in [-0.4, -0.2) is 42.4 Å². The fraction of sp³-hybridized carbons (Fsp3) is 0.278. The lowest BCUT2D eigenvalue weighted by Crippen LogP contribution is -2.41. The van der Waals surface area contributed by atoms with Gasteiger partial charge in [0.1, 0.15) is 18.8 Å². The van der Waals surface area contributed by atoms with Crippen LogP contribution in [0.4, 0.5) is 4.79 Å². The minimum absolute atomic E-state index is 0.269. The van der Waals surface area contributed by atoms with Crippen LogP contribution in [0.2, 0.25) is 0 Å². The molecular formula is C18H16N2O5S. The number of Topliss-reactive ketones (excluding diaryl/α,β-unsaturated/α-hetero) is 1. The van der Waals surface area contributed by atoms with Crippen molar-refractivity contribution >= 4 is 29.1 Å². The summed E-state index contributed by atoms with van der Waals surface area (Å²) in [6, 6.07) is 7.97. The van der Waals surface area contributed by atoms with Crippen molar-refractivity contribution in [3.63, 3.8) is 0 Å². The summed E-state index contributed by atoms with van der Waals surface area (Å²) in [6.07, 6.45) is 0. The predicted molar refractivity (Wildman–Crippen MR) is 93.7 cm³/mol. The van der Waals surface area contributed by atoms with Crippen LogP contribution in [-0.2, 0) is 10.3 Å². The number of hydrogen-bond donors (Lipinski definition) is 1. The number of fused-ring (bicyclic) bond motifs is 1. The van der Waals surface area contributed by atoms with Crippen molar-refractivity contribution in [1.82, 2.24) is 10.2 Å². The molecule has 0 saturated carbocycles. The molecule has 0 aliphatic carbocycles. The fourth-order valence-electron chi connectivity index (χ4n) is 3.05. The van der Waals surface area contributed by atoms with Crippen LogP contribution in [0.5, 0.6) is 11.5 Å². The predicted octanol–water partition coefficient (Wildman–Crippen LogP) is 2.17. The van der Waals surface area contributed by atoms with Gasteiger partial charge in [0.25, 0.3) is 5.91 Å². The third-order valence-electron chi connectivity index (χ3n) is 4.49. The summed E-state index contributed by atoms with van der Waals surface area (Å²) in [5.41, 5.74) is -0.686. The first-order valence-corrected chi connectivity index (χ1v) is 8.98. The monoisotopic (exact) mass is 372 g/mol. The summed E-state index contributed by atoms with van der Waals surface area (Å²) < 4.78 is 11.0. The van der Waals surface area contributed by atoms with E-state index >= 15 is 0 Å². The standard InChI is InChI=1S/C18H16N2O5S/c1-18(11-4-5-13-14(9-11)25-7-6-24-13)16(22)20(17(23)19-18)10-12(21)15-3-2-8-26-15/h2-5,8-9H,6-7,10H2,1H3,(H,19,23). The van der Waals surface area contributed by atoms with Crippen LogP contribution in [0.1, 0.15) is 22.2 Å². The van der Waals surface area contributed by atoms with Crippen molar-refractivity contribution in [3.05, 3.63) is 46.2 Å². The summed E-state index contributed by atoms with van der Waals surface area (Å²) in [5, 5.41) is 4.47. The Morgan fingerprint density at radius 1 is 1.23 bits per heavy atom. The second kappa shape index (κ2) is 6.14. The molecule has 1 fully saturated rings. The van der Waals surface area contributed by atoms with Crippen LogP contribution in [0.3, 0.4) is 0 Å². The number of rotatable bonds is 4. The van der Waals surface area contributed by atoms with Crippen LogP contribution >= 0.6 is 11.3 Å². The van der Waals surface area contributed by atoms with Gasteiger partial charge in [-0.05, 0) is 36.1 Å². The summed E-state index contributed by atoms with van der Waals surface area (Å²) in [7, 11) is 0. The minimum Gasteiger partial charge on any atom is -0.486 e. The summed E-state index contributed by atoms with van der Waals surface area (Å²) in [6.45, 7) is 2.23. The molecule has 1 N–H and O–H groups in total. The van der Waals surface area contributed by atoms with Crippen LogP contribution < -0.4 is 14.8 Å². The van der Waals surface area contributed by atoms with Gasteiger partial charge in [-0.25, -0.2) is 4.79 Å². The van der Waals surface area contributed by atoms with Crippen LogP contribution in [0.25, 0.3) is 0 Å².